The first-order chi connectivity index (χ1) is 8.65. The van der Waals surface area contributed by atoms with E-state index in [4.69, 9.17) is 16.3 Å². The van der Waals surface area contributed by atoms with Crippen LogP contribution in [0.4, 0.5) is 0 Å². The number of rotatable bonds is 5. The van der Waals surface area contributed by atoms with Gasteiger partial charge in [0.05, 0.1) is 31.5 Å². The van der Waals surface area contributed by atoms with Gasteiger partial charge in [0.25, 0.3) is 5.56 Å². The SMILES string of the molecule is Cc1sc2ncn(CCOCCCl)c(=O)c2c1C. The fourth-order valence-electron chi connectivity index (χ4n) is 1.75. The Labute approximate surface area is 114 Å². The molecule has 0 bridgehead atoms. The predicted octanol–water partition coefficient (Wildman–Crippen LogP) is 2.33. The van der Waals surface area contributed by atoms with Crippen LogP contribution in [-0.4, -0.2) is 28.6 Å². The summed E-state index contributed by atoms with van der Waals surface area (Å²) in [4.78, 5) is 18.6. The predicted molar refractivity (Wildman–Crippen MR) is 74.9 cm³/mol. The third kappa shape index (κ3) is 2.58. The molecule has 0 radical (unpaired) electrons. The van der Waals surface area contributed by atoms with Crippen molar-refractivity contribution < 1.29 is 4.74 Å². The van der Waals surface area contributed by atoms with Crippen LogP contribution in [0.25, 0.3) is 10.2 Å². The first-order valence-electron chi connectivity index (χ1n) is 5.74. The van der Waals surface area contributed by atoms with Crippen molar-refractivity contribution in [1.82, 2.24) is 9.55 Å². The van der Waals surface area contributed by atoms with E-state index in [1.54, 1.807) is 22.2 Å². The van der Waals surface area contributed by atoms with Crippen LogP contribution in [0.1, 0.15) is 10.4 Å². The van der Waals surface area contributed by atoms with E-state index >= 15 is 0 Å². The van der Waals surface area contributed by atoms with Gasteiger partial charge in [0.1, 0.15) is 4.83 Å². The molecule has 98 valence electrons. The van der Waals surface area contributed by atoms with Crippen LogP contribution >= 0.6 is 22.9 Å². The quantitative estimate of drug-likeness (QED) is 0.626. The molecule has 0 aliphatic carbocycles. The van der Waals surface area contributed by atoms with Crippen LogP contribution in [0, 0.1) is 13.8 Å². The zero-order valence-electron chi connectivity index (χ0n) is 10.4. The number of halogens is 1. The second-order valence-electron chi connectivity index (χ2n) is 4.01. The number of ether oxygens (including phenoxy) is 1. The number of aromatic nitrogens is 2. The minimum Gasteiger partial charge on any atom is -0.378 e. The molecular formula is C12H15ClN2O2S. The van der Waals surface area contributed by atoms with Gasteiger partial charge in [-0.15, -0.1) is 22.9 Å². The van der Waals surface area contributed by atoms with Gasteiger partial charge >= 0.3 is 0 Å². The maximum Gasteiger partial charge on any atom is 0.262 e. The lowest BCUT2D eigenvalue weighted by Crippen LogP contribution is -2.23. The van der Waals surface area contributed by atoms with E-state index in [1.165, 1.54) is 0 Å². The molecule has 0 aromatic carbocycles. The number of hydrogen-bond acceptors (Lipinski definition) is 4. The highest BCUT2D eigenvalue weighted by Crippen LogP contribution is 2.25. The fraction of sp³-hybridized carbons (Fsp3) is 0.500. The summed E-state index contributed by atoms with van der Waals surface area (Å²) in [6.07, 6.45) is 1.59. The van der Waals surface area contributed by atoms with Crippen molar-refractivity contribution in [2.75, 3.05) is 19.1 Å². The van der Waals surface area contributed by atoms with Crippen molar-refractivity contribution in [3.05, 3.63) is 27.1 Å². The van der Waals surface area contributed by atoms with E-state index in [9.17, 15) is 4.79 Å². The first-order valence-corrected chi connectivity index (χ1v) is 7.09. The van der Waals surface area contributed by atoms with Crippen LogP contribution in [0.15, 0.2) is 11.1 Å². The standard InChI is InChI=1S/C12H15ClN2O2S/c1-8-9(2)18-11-10(8)12(16)15(7-14-11)4-6-17-5-3-13/h7H,3-6H2,1-2H3. The van der Waals surface area contributed by atoms with Crippen LogP contribution in [0.3, 0.4) is 0 Å². The normalized spacial score (nSPS) is 11.3. The van der Waals surface area contributed by atoms with Gasteiger partial charge in [-0.2, -0.15) is 0 Å². The summed E-state index contributed by atoms with van der Waals surface area (Å²) >= 11 is 7.07. The van der Waals surface area contributed by atoms with E-state index in [-0.39, 0.29) is 5.56 Å². The number of thiophene rings is 1. The van der Waals surface area contributed by atoms with Crippen molar-refractivity contribution >= 4 is 33.2 Å². The highest BCUT2D eigenvalue weighted by atomic mass is 35.5. The maximum atomic E-state index is 12.3. The van der Waals surface area contributed by atoms with Gasteiger partial charge in [-0.3, -0.25) is 9.36 Å². The third-order valence-corrected chi connectivity index (χ3v) is 4.12. The Morgan fingerprint density at radius 1 is 1.44 bits per heavy atom. The maximum absolute atomic E-state index is 12.3. The Morgan fingerprint density at radius 3 is 2.94 bits per heavy atom. The molecule has 0 unspecified atom stereocenters. The molecule has 6 heteroatoms. The molecule has 2 aromatic heterocycles. The van der Waals surface area contributed by atoms with Crippen molar-refractivity contribution in [2.24, 2.45) is 0 Å². The van der Waals surface area contributed by atoms with Crippen molar-refractivity contribution in [3.8, 4) is 0 Å². The fourth-order valence-corrected chi connectivity index (χ4v) is 2.85. The smallest absolute Gasteiger partial charge is 0.262 e. The number of hydrogen-bond donors (Lipinski definition) is 0. The van der Waals surface area contributed by atoms with E-state index in [1.807, 2.05) is 13.8 Å². The lowest BCUT2D eigenvalue weighted by molar-refractivity contribution is 0.140. The molecule has 0 N–H and O–H groups in total. The second kappa shape index (κ2) is 5.82. The summed E-state index contributed by atoms with van der Waals surface area (Å²) < 4.78 is 6.87. The highest BCUT2D eigenvalue weighted by molar-refractivity contribution is 7.18. The van der Waals surface area contributed by atoms with Crippen LogP contribution in [-0.2, 0) is 11.3 Å². The molecule has 2 aromatic rings. The topological polar surface area (TPSA) is 44.1 Å². The van der Waals surface area contributed by atoms with Gasteiger partial charge in [-0.1, -0.05) is 0 Å². The van der Waals surface area contributed by atoms with E-state index in [0.29, 0.717) is 25.6 Å². The molecule has 4 nitrogen and oxygen atoms in total. The average molecular weight is 287 g/mol. The monoisotopic (exact) mass is 286 g/mol. The molecule has 0 saturated heterocycles. The van der Waals surface area contributed by atoms with Gasteiger partial charge in [0, 0.05) is 10.8 Å². The Morgan fingerprint density at radius 2 is 2.22 bits per heavy atom. The number of nitrogens with zero attached hydrogens (tertiary/aromatic N) is 2. The van der Waals surface area contributed by atoms with Gasteiger partial charge in [0.15, 0.2) is 0 Å². The van der Waals surface area contributed by atoms with Crippen molar-refractivity contribution in [2.45, 2.75) is 20.4 Å². The van der Waals surface area contributed by atoms with Gasteiger partial charge in [-0.05, 0) is 19.4 Å². The molecule has 0 spiro atoms. The summed E-state index contributed by atoms with van der Waals surface area (Å²) in [7, 11) is 0. The van der Waals surface area contributed by atoms with E-state index in [0.717, 1.165) is 20.7 Å². The summed E-state index contributed by atoms with van der Waals surface area (Å²) in [6.45, 7) is 5.46. The Kier molecular flexibility index (Phi) is 4.37. The third-order valence-electron chi connectivity index (χ3n) is 2.85. The van der Waals surface area contributed by atoms with Crippen LogP contribution in [0.5, 0.6) is 0 Å². The van der Waals surface area contributed by atoms with Crippen molar-refractivity contribution in [1.29, 1.82) is 0 Å². The highest BCUT2D eigenvalue weighted by Gasteiger charge is 2.11. The molecule has 0 aliphatic rings. The summed E-state index contributed by atoms with van der Waals surface area (Å²) in [5.74, 6) is 0.467. The Hall–Kier alpha value is -0.910. The van der Waals surface area contributed by atoms with E-state index < -0.39 is 0 Å². The Bertz CT molecular complexity index is 606. The molecule has 0 fully saturated rings. The molecule has 0 aliphatic heterocycles. The minimum absolute atomic E-state index is 0.0105. The van der Waals surface area contributed by atoms with E-state index in [2.05, 4.69) is 4.98 Å². The lowest BCUT2D eigenvalue weighted by atomic mass is 10.2. The largest absolute Gasteiger partial charge is 0.378 e. The summed E-state index contributed by atoms with van der Waals surface area (Å²) in [5.41, 5.74) is 1.04. The summed E-state index contributed by atoms with van der Waals surface area (Å²) in [5, 5.41) is 0.734. The van der Waals surface area contributed by atoms with Crippen molar-refractivity contribution in [3.63, 3.8) is 0 Å². The summed E-state index contributed by atoms with van der Waals surface area (Å²) in [6, 6.07) is 0. The zero-order valence-corrected chi connectivity index (χ0v) is 12.0. The van der Waals surface area contributed by atoms with Crippen LogP contribution in [0.2, 0.25) is 0 Å². The first kappa shape index (κ1) is 13.5. The number of alkyl halides is 1. The molecule has 0 amide bonds. The second-order valence-corrected chi connectivity index (χ2v) is 5.59. The molecule has 2 heterocycles. The molecule has 2 rings (SSSR count). The average Bonchev–Trinajstić information content (AvgIpc) is 2.64. The van der Waals surface area contributed by atoms with Gasteiger partial charge in [-0.25, -0.2) is 4.98 Å². The Balaban J connectivity index is 2.27. The van der Waals surface area contributed by atoms with Gasteiger partial charge in [0.2, 0.25) is 0 Å². The minimum atomic E-state index is 0.0105. The lowest BCUT2D eigenvalue weighted by Gasteiger charge is -2.05. The molecule has 0 saturated carbocycles. The number of aryl methyl sites for hydroxylation is 2. The molecule has 0 atom stereocenters. The van der Waals surface area contributed by atoms with Crippen LogP contribution < -0.4 is 5.56 Å². The van der Waals surface area contributed by atoms with Gasteiger partial charge < -0.3 is 4.74 Å². The zero-order chi connectivity index (χ0) is 13.1. The molecular weight excluding hydrogens is 272 g/mol. The number of fused-ring (bicyclic) bond motifs is 1. The molecule has 18 heavy (non-hydrogen) atoms.